The number of aryl methyl sites for hydroxylation is 2. The maximum Gasteiger partial charge on any atom is 0.255 e. The molecule has 0 aromatic carbocycles. The van der Waals surface area contributed by atoms with Crippen molar-refractivity contribution in [2.75, 3.05) is 6.54 Å². The summed E-state index contributed by atoms with van der Waals surface area (Å²) in [4.78, 5) is 4.45. The Balaban J connectivity index is 2.01. The monoisotopic (exact) mass is 259 g/mol. The molecule has 0 amide bonds. The first-order valence-corrected chi connectivity index (χ1v) is 7.11. The van der Waals surface area contributed by atoms with E-state index in [2.05, 4.69) is 44.8 Å². The van der Waals surface area contributed by atoms with Crippen LogP contribution in [0.1, 0.15) is 49.4 Å². The van der Waals surface area contributed by atoms with Crippen LogP contribution in [0.5, 0.6) is 0 Å². The topological polar surface area (TPSA) is 55.1 Å². The van der Waals surface area contributed by atoms with Crippen molar-refractivity contribution < 1.29 is 0 Å². The molecule has 0 saturated carbocycles. The van der Waals surface area contributed by atoms with Gasteiger partial charge in [0.2, 0.25) is 0 Å². The molecular weight excluding hydrogens is 238 g/mol. The molecule has 3 rings (SSSR count). The summed E-state index contributed by atoms with van der Waals surface area (Å²) in [6.45, 7) is 7.42. The highest BCUT2D eigenvalue weighted by molar-refractivity contribution is 5.33. The summed E-state index contributed by atoms with van der Waals surface area (Å²) in [6, 6.07) is 2.39. The number of fused-ring (bicyclic) bond motifs is 1. The van der Waals surface area contributed by atoms with Gasteiger partial charge >= 0.3 is 0 Å². The van der Waals surface area contributed by atoms with Crippen LogP contribution in [-0.2, 0) is 0 Å². The fourth-order valence-electron chi connectivity index (χ4n) is 3.04. The second kappa shape index (κ2) is 4.89. The standard InChI is InChI=1S/C14H21N5/c1-4-11-5-6-15-12(8-11)13-17-18-14-16-9(2)7-10(3)19(13)14/h7,11-12,15H,4-6,8H2,1-3H3. The maximum absolute atomic E-state index is 4.45. The minimum Gasteiger partial charge on any atom is -0.307 e. The molecule has 1 fully saturated rings. The number of nitrogens with zero attached hydrogens (tertiary/aromatic N) is 4. The molecule has 0 spiro atoms. The zero-order valence-electron chi connectivity index (χ0n) is 11.8. The van der Waals surface area contributed by atoms with Crippen molar-refractivity contribution in [3.05, 3.63) is 23.3 Å². The SMILES string of the molecule is CCC1CCNC(c2nnc3nc(C)cc(C)n23)C1. The molecule has 1 saturated heterocycles. The minimum absolute atomic E-state index is 0.303. The van der Waals surface area contributed by atoms with Gasteiger partial charge in [-0.05, 0) is 45.2 Å². The van der Waals surface area contributed by atoms with E-state index in [9.17, 15) is 0 Å². The number of aromatic nitrogens is 4. The lowest BCUT2D eigenvalue weighted by molar-refractivity contribution is 0.290. The van der Waals surface area contributed by atoms with E-state index < -0.39 is 0 Å². The van der Waals surface area contributed by atoms with Gasteiger partial charge < -0.3 is 5.32 Å². The van der Waals surface area contributed by atoms with E-state index in [0.29, 0.717) is 11.8 Å². The average Bonchev–Trinajstić information content (AvgIpc) is 2.82. The lowest BCUT2D eigenvalue weighted by Gasteiger charge is -2.28. The molecular formula is C14H21N5. The molecule has 2 aromatic heterocycles. The minimum atomic E-state index is 0.303. The van der Waals surface area contributed by atoms with Crippen LogP contribution in [0.3, 0.4) is 0 Å². The Morgan fingerprint density at radius 3 is 3.00 bits per heavy atom. The highest BCUT2D eigenvalue weighted by atomic mass is 15.3. The summed E-state index contributed by atoms with van der Waals surface area (Å²) in [5, 5.41) is 12.2. The van der Waals surface area contributed by atoms with E-state index in [0.717, 1.165) is 36.1 Å². The Morgan fingerprint density at radius 2 is 2.21 bits per heavy atom. The van der Waals surface area contributed by atoms with Gasteiger partial charge in [-0.25, -0.2) is 4.98 Å². The Labute approximate surface area is 113 Å². The van der Waals surface area contributed by atoms with Gasteiger partial charge in [-0.2, -0.15) is 0 Å². The van der Waals surface area contributed by atoms with Crippen LogP contribution in [0, 0.1) is 19.8 Å². The van der Waals surface area contributed by atoms with Crippen LogP contribution in [0.15, 0.2) is 6.07 Å². The van der Waals surface area contributed by atoms with Crippen LogP contribution < -0.4 is 5.32 Å². The van der Waals surface area contributed by atoms with Crippen molar-refractivity contribution >= 4 is 5.78 Å². The first kappa shape index (κ1) is 12.5. The van der Waals surface area contributed by atoms with Crippen LogP contribution in [0.4, 0.5) is 0 Å². The Kier molecular flexibility index (Phi) is 3.22. The molecule has 1 N–H and O–H groups in total. The smallest absolute Gasteiger partial charge is 0.255 e. The third-order valence-corrected chi connectivity index (χ3v) is 4.12. The molecule has 2 atom stereocenters. The average molecular weight is 259 g/mol. The molecule has 0 radical (unpaired) electrons. The molecule has 2 aromatic rings. The van der Waals surface area contributed by atoms with E-state index in [1.54, 1.807) is 0 Å². The van der Waals surface area contributed by atoms with Crippen LogP contribution in [0.2, 0.25) is 0 Å². The highest BCUT2D eigenvalue weighted by Crippen LogP contribution is 2.28. The quantitative estimate of drug-likeness (QED) is 0.898. The van der Waals surface area contributed by atoms with Crippen LogP contribution in [0.25, 0.3) is 5.78 Å². The first-order valence-electron chi connectivity index (χ1n) is 7.11. The van der Waals surface area contributed by atoms with Crippen molar-refractivity contribution in [3.8, 4) is 0 Å². The molecule has 3 heterocycles. The van der Waals surface area contributed by atoms with Crippen molar-refractivity contribution in [2.24, 2.45) is 5.92 Å². The molecule has 5 nitrogen and oxygen atoms in total. The molecule has 1 aliphatic heterocycles. The van der Waals surface area contributed by atoms with Crippen LogP contribution in [-0.4, -0.2) is 26.1 Å². The van der Waals surface area contributed by atoms with Gasteiger partial charge in [-0.1, -0.05) is 13.3 Å². The number of rotatable bonds is 2. The predicted molar refractivity (Wildman–Crippen MR) is 74.0 cm³/mol. The number of nitrogens with one attached hydrogen (secondary N) is 1. The fourth-order valence-corrected chi connectivity index (χ4v) is 3.04. The van der Waals surface area contributed by atoms with Gasteiger partial charge in [-0.3, -0.25) is 4.40 Å². The van der Waals surface area contributed by atoms with Gasteiger partial charge in [0.05, 0.1) is 6.04 Å². The second-order valence-corrected chi connectivity index (χ2v) is 5.54. The summed E-state index contributed by atoms with van der Waals surface area (Å²) in [5.74, 6) is 2.52. The summed E-state index contributed by atoms with van der Waals surface area (Å²) in [6.07, 6.45) is 3.65. The van der Waals surface area contributed by atoms with Gasteiger partial charge in [0, 0.05) is 11.4 Å². The normalized spacial score (nSPS) is 23.9. The van der Waals surface area contributed by atoms with Crippen molar-refractivity contribution in [3.63, 3.8) is 0 Å². The summed E-state index contributed by atoms with van der Waals surface area (Å²) >= 11 is 0. The summed E-state index contributed by atoms with van der Waals surface area (Å²) < 4.78 is 2.09. The van der Waals surface area contributed by atoms with Gasteiger partial charge in [0.15, 0.2) is 5.82 Å². The molecule has 2 unspecified atom stereocenters. The molecule has 0 bridgehead atoms. The molecule has 0 aliphatic carbocycles. The van der Waals surface area contributed by atoms with E-state index in [1.807, 2.05) is 6.92 Å². The van der Waals surface area contributed by atoms with Gasteiger partial charge in [0.25, 0.3) is 5.78 Å². The van der Waals surface area contributed by atoms with E-state index in [4.69, 9.17) is 0 Å². The molecule has 19 heavy (non-hydrogen) atoms. The zero-order valence-corrected chi connectivity index (χ0v) is 11.8. The third-order valence-electron chi connectivity index (χ3n) is 4.12. The largest absolute Gasteiger partial charge is 0.307 e. The first-order chi connectivity index (χ1) is 9.19. The maximum atomic E-state index is 4.45. The Morgan fingerprint density at radius 1 is 1.37 bits per heavy atom. The van der Waals surface area contributed by atoms with Crippen molar-refractivity contribution in [2.45, 2.75) is 46.1 Å². The lowest BCUT2D eigenvalue weighted by Crippen LogP contribution is -2.33. The van der Waals surface area contributed by atoms with Gasteiger partial charge in [0.1, 0.15) is 0 Å². The zero-order chi connectivity index (χ0) is 13.4. The third kappa shape index (κ3) is 2.23. The number of hydrogen-bond acceptors (Lipinski definition) is 4. The fraction of sp³-hybridized carbons (Fsp3) is 0.643. The lowest BCUT2D eigenvalue weighted by atomic mass is 9.90. The van der Waals surface area contributed by atoms with E-state index in [1.165, 1.54) is 12.8 Å². The van der Waals surface area contributed by atoms with Crippen molar-refractivity contribution in [1.82, 2.24) is 24.9 Å². The van der Waals surface area contributed by atoms with E-state index in [-0.39, 0.29) is 0 Å². The van der Waals surface area contributed by atoms with E-state index >= 15 is 0 Å². The Bertz CT molecular complexity index is 589. The molecule has 5 heteroatoms. The van der Waals surface area contributed by atoms with Crippen molar-refractivity contribution in [1.29, 1.82) is 0 Å². The molecule has 102 valence electrons. The van der Waals surface area contributed by atoms with Crippen LogP contribution >= 0.6 is 0 Å². The summed E-state index contributed by atoms with van der Waals surface area (Å²) in [7, 11) is 0. The summed E-state index contributed by atoms with van der Waals surface area (Å²) in [5.41, 5.74) is 2.15. The number of hydrogen-bond donors (Lipinski definition) is 1. The number of piperidine rings is 1. The predicted octanol–water partition coefficient (Wildman–Crippen LogP) is 2.19. The second-order valence-electron chi connectivity index (χ2n) is 5.54. The Hall–Kier alpha value is -1.49. The molecule has 1 aliphatic rings. The highest BCUT2D eigenvalue weighted by Gasteiger charge is 2.26. The van der Waals surface area contributed by atoms with Gasteiger partial charge in [-0.15, -0.1) is 10.2 Å².